The number of amides is 2. The lowest BCUT2D eigenvalue weighted by atomic mass is 10.1. The van der Waals surface area contributed by atoms with E-state index in [9.17, 15) is 18.0 Å². The summed E-state index contributed by atoms with van der Waals surface area (Å²) in [5.74, 6) is -0.292. The van der Waals surface area contributed by atoms with Crippen LogP contribution in [0.15, 0.2) is 53.4 Å². The molecule has 0 aromatic heterocycles. The Hall–Kier alpha value is -2.71. The van der Waals surface area contributed by atoms with Crippen LogP contribution in [0.3, 0.4) is 0 Å². The van der Waals surface area contributed by atoms with Crippen LogP contribution in [0.5, 0.6) is 0 Å². The number of rotatable bonds is 7. The third-order valence-electron chi connectivity index (χ3n) is 5.24. The Morgan fingerprint density at radius 1 is 1.17 bits per heavy atom. The number of carbonyl (C=O) groups excluding carboxylic acids is 2. The van der Waals surface area contributed by atoms with E-state index >= 15 is 0 Å². The van der Waals surface area contributed by atoms with Gasteiger partial charge in [-0.05, 0) is 49.6 Å². The van der Waals surface area contributed by atoms with Crippen molar-refractivity contribution in [2.45, 2.75) is 50.6 Å². The summed E-state index contributed by atoms with van der Waals surface area (Å²) in [6.45, 7) is 5.32. The van der Waals surface area contributed by atoms with Crippen molar-refractivity contribution in [3.8, 4) is 0 Å². The second-order valence-corrected chi connectivity index (χ2v) is 9.35. The molecule has 2 atom stereocenters. The van der Waals surface area contributed by atoms with Crippen molar-refractivity contribution in [2.24, 2.45) is 0 Å². The van der Waals surface area contributed by atoms with Crippen molar-refractivity contribution in [3.05, 3.63) is 59.7 Å². The summed E-state index contributed by atoms with van der Waals surface area (Å²) in [5, 5.41) is 2.87. The van der Waals surface area contributed by atoms with Crippen molar-refractivity contribution in [2.75, 3.05) is 11.4 Å². The van der Waals surface area contributed by atoms with Crippen LogP contribution in [0.25, 0.3) is 0 Å². The maximum atomic E-state index is 12.6. The Labute approximate surface area is 177 Å². The third kappa shape index (κ3) is 4.88. The van der Waals surface area contributed by atoms with Crippen LogP contribution in [0.1, 0.15) is 44.4 Å². The first kappa shape index (κ1) is 22.0. The molecular weight excluding hydrogens is 402 g/mol. The molecule has 30 heavy (non-hydrogen) atoms. The zero-order valence-corrected chi connectivity index (χ0v) is 18.2. The Bertz CT molecular complexity index is 1040. The Morgan fingerprint density at radius 3 is 2.53 bits per heavy atom. The van der Waals surface area contributed by atoms with Gasteiger partial charge in [0.05, 0.1) is 10.9 Å². The molecule has 1 heterocycles. The highest BCUT2D eigenvalue weighted by Crippen LogP contribution is 2.33. The third-order valence-corrected chi connectivity index (χ3v) is 6.70. The molecule has 0 saturated carbocycles. The predicted molar refractivity (Wildman–Crippen MR) is 116 cm³/mol. The van der Waals surface area contributed by atoms with Gasteiger partial charge in [-0.3, -0.25) is 9.59 Å². The molecule has 0 radical (unpaired) electrons. The number of nitrogens with one attached hydrogen (secondary N) is 2. The Kier molecular flexibility index (Phi) is 6.58. The first-order valence-corrected chi connectivity index (χ1v) is 11.4. The molecule has 0 spiro atoms. The van der Waals surface area contributed by atoms with Crippen LogP contribution in [-0.2, 0) is 26.0 Å². The number of anilines is 1. The van der Waals surface area contributed by atoms with Crippen molar-refractivity contribution in [1.29, 1.82) is 0 Å². The summed E-state index contributed by atoms with van der Waals surface area (Å²) in [6, 6.07) is 14.2. The number of carbonyl (C=O) groups is 2. The fourth-order valence-corrected chi connectivity index (χ4v) is 4.86. The van der Waals surface area contributed by atoms with Crippen molar-refractivity contribution in [3.63, 3.8) is 0 Å². The molecule has 0 aliphatic carbocycles. The minimum Gasteiger partial charge on any atom is -0.350 e. The molecule has 1 aliphatic rings. The Morgan fingerprint density at radius 2 is 1.87 bits per heavy atom. The first-order valence-electron chi connectivity index (χ1n) is 9.95. The lowest BCUT2D eigenvalue weighted by Crippen LogP contribution is -2.33. The molecule has 2 aromatic rings. The summed E-state index contributed by atoms with van der Waals surface area (Å²) in [5.41, 5.74) is 2.57. The van der Waals surface area contributed by atoms with Crippen molar-refractivity contribution in [1.82, 2.24) is 10.0 Å². The molecule has 2 N–H and O–H groups in total. The predicted octanol–water partition coefficient (Wildman–Crippen LogP) is 2.53. The van der Waals surface area contributed by atoms with Gasteiger partial charge >= 0.3 is 0 Å². The molecule has 0 saturated heterocycles. The van der Waals surface area contributed by atoms with Gasteiger partial charge in [-0.25, -0.2) is 13.1 Å². The van der Waals surface area contributed by atoms with E-state index in [2.05, 4.69) is 10.0 Å². The SMILES string of the molecule is CC(=O)N1c2ccc(S(=O)(=O)NCCC(=O)NC(C)c3ccccc3)cc2CC1C. The summed E-state index contributed by atoms with van der Waals surface area (Å²) in [6.07, 6.45) is 0.647. The molecule has 160 valence electrons. The van der Waals surface area contributed by atoms with Gasteiger partial charge < -0.3 is 10.2 Å². The molecule has 8 heteroatoms. The number of nitrogens with zero attached hydrogens (tertiary/aromatic N) is 1. The van der Waals surface area contributed by atoms with Gasteiger partial charge in [0.25, 0.3) is 0 Å². The van der Waals surface area contributed by atoms with Gasteiger partial charge in [-0.2, -0.15) is 0 Å². The van der Waals surface area contributed by atoms with E-state index < -0.39 is 10.0 Å². The Balaban J connectivity index is 1.58. The molecule has 2 amide bonds. The van der Waals surface area contributed by atoms with E-state index in [1.165, 1.54) is 13.0 Å². The molecule has 0 fully saturated rings. The highest BCUT2D eigenvalue weighted by molar-refractivity contribution is 7.89. The standard InChI is InChI=1S/C22H27N3O4S/c1-15-13-19-14-20(9-10-21(19)25(15)17(3)26)30(28,29)23-12-11-22(27)24-16(2)18-7-5-4-6-8-18/h4-10,14-16,23H,11-13H2,1-3H3,(H,24,27). The zero-order valence-electron chi connectivity index (χ0n) is 17.4. The summed E-state index contributed by atoms with van der Waals surface area (Å²) >= 11 is 0. The maximum absolute atomic E-state index is 12.6. The van der Waals surface area contributed by atoms with E-state index in [1.54, 1.807) is 17.0 Å². The average Bonchev–Trinajstić information content (AvgIpc) is 3.03. The lowest BCUT2D eigenvalue weighted by Gasteiger charge is -2.20. The monoisotopic (exact) mass is 429 g/mol. The minimum atomic E-state index is -3.75. The van der Waals surface area contributed by atoms with Crippen LogP contribution >= 0.6 is 0 Å². The highest BCUT2D eigenvalue weighted by Gasteiger charge is 2.30. The number of fused-ring (bicyclic) bond motifs is 1. The van der Waals surface area contributed by atoms with Crippen molar-refractivity contribution < 1.29 is 18.0 Å². The van der Waals surface area contributed by atoms with Gasteiger partial charge in [-0.1, -0.05) is 30.3 Å². The van der Waals surface area contributed by atoms with Gasteiger partial charge in [0, 0.05) is 31.6 Å². The number of sulfonamides is 1. The highest BCUT2D eigenvalue weighted by atomic mass is 32.2. The molecule has 2 unspecified atom stereocenters. The number of hydrogen-bond donors (Lipinski definition) is 2. The normalized spacial score (nSPS) is 16.8. The van der Waals surface area contributed by atoms with Crippen LogP contribution in [0.2, 0.25) is 0 Å². The summed E-state index contributed by atoms with van der Waals surface area (Å²) < 4.78 is 27.7. The number of benzene rings is 2. The second kappa shape index (κ2) is 8.97. The topological polar surface area (TPSA) is 95.6 Å². The number of hydrogen-bond acceptors (Lipinski definition) is 4. The van der Waals surface area contributed by atoms with Gasteiger partial charge in [-0.15, -0.1) is 0 Å². The van der Waals surface area contributed by atoms with E-state index in [-0.39, 0.29) is 41.8 Å². The fraction of sp³-hybridized carbons (Fsp3) is 0.364. The van der Waals surface area contributed by atoms with Crippen LogP contribution < -0.4 is 14.9 Å². The second-order valence-electron chi connectivity index (χ2n) is 7.58. The van der Waals surface area contributed by atoms with E-state index in [1.807, 2.05) is 44.2 Å². The molecular formula is C22H27N3O4S. The summed E-state index contributed by atoms with van der Waals surface area (Å²) in [4.78, 5) is 25.8. The molecule has 7 nitrogen and oxygen atoms in total. The van der Waals surface area contributed by atoms with Crippen LogP contribution in [0, 0.1) is 0 Å². The molecule has 2 aromatic carbocycles. The first-order chi connectivity index (χ1) is 14.2. The average molecular weight is 430 g/mol. The smallest absolute Gasteiger partial charge is 0.240 e. The van der Waals surface area contributed by atoms with E-state index in [0.717, 1.165) is 16.8 Å². The molecule has 1 aliphatic heterocycles. The lowest BCUT2D eigenvalue weighted by molar-refractivity contribution is -0.121. The fourth-order valence-electron chi connectivity index (χ4n) is 3.78. The van der Waals surface area contributed by atoms with Crippen LogP contribution in [0.4, 0.5) is 5.69 Å². The quantitative estimate of drug-likeness (QED) is 0.707. The van der Waals surface area contributed by atoms with Gasteiger partial charge in [0.2, 0.25) is 21.8 Å². The summed E-state index contributed by atoms with van der Waals surface area (Å²) in [7, 11) is -3.75. The molecule has 0 bridgehead atoms. The van der Waals surface area contributed by atoms with E-state index in [4.69, 9.17) is 0 Å². The van der Waals surface area contributed by atoms with Crippen molar-refractivity contribution >= 4 is 27.5 Å². The largest absolute Gasteiger partial charge is 0.350 e. The zero-order chi connectivity index (χ0) is 21.9. The van der Waals surface area contributed by atoms with Crippen LogP contribution in [-0.4, -0.2) is 32.8 Å². The van der Waals surface area contributed by atoms with E-state index in [0.29, 0.717) is 6.42 Å². The van der Waals surface area contributed by atoms with Gasteiger partial charge in [0.15, 0.2) is 0 Å². The maximum Gasteiger partial charge on any atom is 0.240 e. The van der Waals surface area contributed by atoms with Gasteiger partial charge in [0.1, 0.15) is 0 Å². The molecule has 3 rings (SSSR count). The minimum absolute atomic E-state index is 0.00119.